The fourth-order valence-electron chi connectivity index (χ4n) is 3.74. The summed E-state index contributed by atoms with van der Waals surface area (Å²) in [6.07, 6.45) is -1.67. The van der Waals surface area contributed by atoms with Crippen molar-refractivity contribution < 1.29 is 27.6 Å². The molecular formula is C20H23F3N4O4. The molecular weight excluding hydrogens is 417 g/mol. The number of aromatic nitrogens is 2. The van der Waals surface area contributed by atoms with E-state index in [2.05, 4.69) is 4.98 Å². The van der Waals surface area contributed by atoms with E-state index in [4.69, 9.17) is 4.74 Å². The van der Waals surface area contributed by atoms with E-state index < -0.39 is 34.0 Å². The SMILES string of the molecule is CC1CN(C(=O)OC(C)(C)C)CC=C1c1cn(C)c2ncc([N+](=O)[O-])c(C(F)(F)F)c12. The van der Waals surface area contributed by atoms with Crippen LogP contribution in [0.15, 0.2) is 18.5 Å². The molecule has 1 aliphatic rings. The summed E-state index contributed by atoms with van der Waals surface area (Å²) < 4.78 is 48.4. The zero-order valence-electron chi connectivity index (χ0n) is 17.8. The van der Waals surface area contributed by atoms with Gasteiger partial charge in [-0.15, -0.1) is 0 Å². The van der Waals surface area contributed by atoms with Crippen LogP contribution in [0.5, 0.6) is 0 Å². The Kier molecular flexibility index (Phi) is 5.49. The number of fused-ring (bicyclic) bond motifs is 1. The largest absolute Gasteiger partial charge is 0.444 e. The molecule has 0 aromatic carbocycles. The average molecular weight is 440 g/mol. The Bertz CT molecular complexity index is 1080. The topological polar surface area (TPSA) is 90.5 Å². The number of aryl methyl sites for hydroxylation is 1. The van der Waals surface area contributed by atoms with Gasteiger partial charge in [-0.2, -0.15) is 13.2 Å². The number of halogens is 3. The first-order chi connectivity index (χ1) is 14.2. The van der Waals surface area contributed by atoms with Crippen LogP contribution in [0.25, 0.3) is 16.6 Å². The number of nitrogens with zero attached hydrogens (tertiary/aromatic N) is 4. The summed E-state index contributed by atoms with van der Waals surface area (Å²) in [5.74, 6) is -0.327. The minimum absolute atomic E-state index is 0.00408. The number of amides is 1. The van der Waals surface area contributed by atoms with Crippen molar-refractivity contribution in [3.63, 3.8) is 0 Å². The number of alkyl halides is 3. The van der Waals surface area contributed by atoms with E-state index in [0.717, 1.165) is 0 Å². The smallest absolute Gasteiger partial charge is 0.423 e. The van der Waals surface area contributed by atoms with E-state index in [-0.39, 0.29) is 35.6 Å². The Morgan fingerprint density at radius 1 is 1.32 bits per heavy atom. The van der Waals surface area contributed by atoms with Gasteiger partial charge >= 0.3 is 18.0 Å². The van der Waals surface area contributed by atoms with Gasteiger partial charge in [-0.25, -0.2) is 9.78 Å². The molecule has 0 N–H and O–H groups in total. The lowest BCUT2D eigenvalue weighted by Crippen LogP contribution is -2.41. The van der Waals surface area contributed by atoms with Crippen LogP contribution in [0, 0.1) is 16.0 Å². The lowest BCUT2D eigenvalue weighted by atomic mass is 9.89. The van der Waals surface area contributed by atoms with Crippen LogP contribution in [0.3, 0.4) is 0 Å². The Labute approximate surface area is 176 Å². The number of carbonyl (C=O) groups is 1. The lowest BCUT2D eigenvalue weighted by Gasteiger charge is -2.33. The van der Waals surface area contributed by atoms with E-state index in [1.165, 1.54) is 22.7 Å². The summed E-state index contributed by atoms with van der Waals surface area (Å²) in [7, 11) is 1.53. The van der Waals surface area contributed by atoms with Gasteiger partial charge in [0.25, 0.3) is 0 Å². The highest BCUT2D eigenvalue weighted by molar-refractivity contribution is 5.96. The molecule has 0 fully saturated rings. The molecule has 2 aromatic rings. The van der Waals surface area contributed by atoms with Crippen molar-refractivity contribution >= 4 is 28.4 Å². The van der Waals surface area contributed by atoms with Gasteiger partial charge in [-0.05, 0) is 32.3 Å². The maximum absolute atomic E-state index is 13.9. The first-order valence-corrected chi connectivity index (χ1v) is 9.58. The molecule has 0 saturated carbocycles. The summed E-state index contributed by atoms with van der Waals surface area (Å²) in [4.78, 5) is 28.0. The molecule has 0 radical (unpaired) electrons. The number of pyridine rings is 1. The van der Waals surface area contributed by atoms with Crippen LogP contribution in [0.2, 0.25) is 0 Å². The molecule has 1 atom stereocenters. The molecule has 1 aliphatic heterocycles. The number of carbonyl (C=O) groups excluding carboxylic acids is 1. The minimum atomic E-state index is -4.94. The standard InChI is InChI=1S/C20H23F3N4O4/c1-11-9-26(18(28)31-19(2,3)4)7-6-12(11)13-10-25(5)17-15(13)16(20(21,22)23)14(8-24-17)27(29)30/h6,8,10-11H,7,9H2,1-5H3. The Balaban J connectivity index is 2.12. The van der Waals surface area contributed by atoms with Gasteiger partial charge in [-0.1, -0.05) is 13.0 Å². The minimum Gasteiger partial charge on any atom is -0.444 e. The maximum Gasteiger partial charge on any atom is 0.423 e. The van der Waals surface area contributed by atoms with Crippen LogP contribution < -0.4 is 0 Å². The molecule has 0 aliphatic carbocycles. The average Bonchev–Trinajstić information content (AvgIpc) is 2.95. The highest BCUT2D eigenvalue weighted by atomic mass is 19.4. The summed E-state index contributed by atoms with van der Waals surface area (Å²) >= 11 is 0. The van der Waals surface area contributed by atoms with Gasteiger partial charge in [0.15, 0.2) is 0 Å². The molecule has 11 heteroatoms. The van der Waals surface area contributed by atoms with E-state index in [1.54, 1.807) is 33.8 Å². The third kappa shape index (κ3) is 4.35. The van der Waals surface area contributed by atoms with E-state index in [1.807, 2.05) is 0 Å². The van der Waals surface area contributed by atoms with Crippen molar-refractivity contribution in [3.8, 4) is 0 Å². The molecule has 0 saturated heterocycles. The summed E-state index contributed by atoms with van der Waals surface area (Å²) in [6, 6.07) is 0. The van der Waals surface area contributed by atoms with Gasteiger partial charge in [0, 0.05) is 37.3 Å². The van der Waals surface area contributed by atoms with Crippen LogP contribution in [0.1, 0.15) is 38.8 Å². The van der Waals surface area contributed by atoms with Crippen LogP contribution in [-0.2, 0) is 18.0 Å². The van der Waals surface area contributed by atoms with Crippen molar-refractivity contribution in [2.75, 3.05) is 13.1 Å². The molecule has 31 heavy (non-hydrogen) atoms. The third-order valence-electron chi connectivity index (χ3n) is 4.96. The molecule has 1 amide bonds. The fourth-order valence-corrected chi connectivity index (χ4v) is 3.74. The highest BCUT2D eigenvalue weighted by Gasteiger charge is 2.43. The lowest BCUT2D eigenvalue weighted by molar-refractivity contribution is -0.388. The molecule has 1 unspecified atom stereocenters. The zero-order valence-corrected chi connectivity index (χ0v) is 17.8. The van der Waals surface area contributed by atoms with E-state index in [9.17, 15) is 28.1 Å². The molecule has 168 valence electrons. The quantitative estimate of drug-likeness (QED) is 0.496. The molecule has 3 rings (SSSR count). The van der Waals surface area contributed by atoms with Crippen molar-refractivity contribution in [2.45, 2.75) is 39.5 Å². The van der Waals surface area contributed by atoms with Gasteiger partial charge in [0.2, 0.25) is 0 Å². The normalized spacial score (nSPS) is 17.6. The predicted molar refractivity (Wildman–Crippen MR) is 107 cm³/mol. The molecule has 0 bridgehead atoms. The predicted octanol–water partition coefficient (Wildman–Crippen LogP) is 4.77. The van der Waals surface area contributed by atoms with Crippen molar-refractivity contribution in [3.05, 3.63) is 39.7 Å². The summed E-state index contributed by atoms with van der Waals surface area (Å²) in [6.45, 7) is 7.39. The van der Waals surface area contributed by atoms with Crippen LogP contribution >= 0.6 is 0 Å². The Hall–Kier alpha value is -3.11. The third-order valence-corrected chi connectivity index (χ3v) is 4.96. The maximum atomic E-state index is 13.9. The van der Waals surface area contributed by atoms with Crippen LogP contribution in [-0.4, -0.2) is 44.2 Å². The van der Waals surface area contributed by atoms with Crippen molar-refractivity contribution in [2.24, 2.45) is 13.0 Å². The van der Waals surface area contributed by atoms with Crippen LogP contribution in [0.4, 0.5) is 23.7 Å². The first-order valence-electron chi connectivity index (χ1n) is 9.58. The first kappa shape index (κ1) is 22.6. The Morgan fingerprint density at radius 2 is 1.97 bits per heavy atom. The highest BCUT2D eigenvalue weighted by Crippen LogP contribution is 2.44. The summed E-state index contributed by atoms with van der Waals surface area (Å²) in [5, 5.41) is 11.0. The van der Waals surface area contributed by atoms with Crippen molar-refractivity contribution in [1.82, 2.24) is 14.5 Å². The summed E-state index contributed by atoms with van der Waals surface area (Å²) in [5.41, 5.74) is -2.30. The van der Waals surface area contributed by atoms with Gasteiger partial charge in [0.05, 0.1) is 4.92 Å². The van der Waals surface area contributed by atoms with Gasteiger partial charge < -0.3 is 14.2 Å². The second kappa shape index (κ2) is 7.54. The van der Waals surface area contributed by atoms with Gasteiger partial charge in [-0.3, -0.25) is 10.1 Å². The van der Waals surface area contributed by atoms with E-state index in [0.29, 0.717) is 11.8 Å². The number of hydrogen-bond donors (Lipinski definition) is 0. The Morgan fingerprint density at radius 3 is 2.48 bits per heavy atom. The number of rotatable bonds is 2. The van der Waals surface area contributed by atoms with Gasteiger partial charge in [0.1, 0.15) is 23.0 Å². The molecule has 0 spiro atoms. The zero-order chi connectivity index (χ0) is 23.3. The monoisotopic (exact) mass is 440 g/mol. The number of nitro groups is 1. The second-order valence-electron chi connectivity index (χ2n) is 8.57. The second-order valence-corrected chi connectivity index (χ2v) is 8.57. The number of hydrogen-bond acceptors (Lipinski definition) is 5. The number of ether oxygens (including phenoxy) is 1. The van der Waals surface area contributed by atoms with Crippen molar-refractivity contribution in [1.29, 1.82) is 0 Å². The molecule has 2 aromatic heterocycles. The fraction of sp³-hybridized carbons (Fsp3) is 0.500. The molecule has 3 heterocycles. The van der Waals surface area contributed by atoms with E-state index >= 15 is 0 Å². The molecule has 8 nitrogen and oxygen atoms in total.